The van der Waals surface area contributed by atoms with Crippen molar-refractivity contribution in [2.75, 3.05) is 11.9 Å². The molecule has 1 heterocycles. The van der Waals surface area contributed by atoms with E-state index in [4.69, 9.17) is 0 Å². The molecule has 1 aliphatic rings. The Morgan fingerprint density at radius 3 is 2.62 bits per heavy atom. The maximum atomic E-state index is 12.3. The summed E-state index contributed by atoms with van der Waals surface area (Å²) in [5.41, 5.74) is -1.42. The van der Waals surface area contributed by atoms with E-state index in [9.17, 15) is 23.1 Å². The summed E-state index contributed by atoms with van der Waals surface area (Å²) < 4.78 is 37.2. The second kappa shape index (κ2) is 5.96. The number of rotatable bonds is 4. The first-order valence-electron chi connectivity index (χ1n) is 6.49. The number of anilines is 1. The second-order valence-electron chi connectivity index (χ2n) is 5.24. The Labute approximate surface area is 127 Å². The zero-order valence-corrected chi connectivity index (χ0v) is 12.7. The molecule has 0 aliphatic heterocycles. The number of nitrogens with one attached hydrogen (secondary N) is 1. The molecule has 118 valence electrons. The zero-order chi connectivity index (χ0) is 15.7. The zero-order valence-electron chi connectivity index (χ0n) is 11.1. The number of alkyl halides is 3. The molecule has 0 radical (unpaired) electrons. The van der Waals surface area contributed by atoms with E-state index in [1.54, 1.807) is 0 Å². The summed E-state index contributed by atoms with van der Waals surface area (Å²) in [6.07, 6.45) is -0.165. The summed E-state index contributed by atoms with van der Waals surface area (Å²) in [5.74, 6) is 0. The minimum absolute atomic E-state index is 0.0247. The summed E-state index contributed by atoms with van der Waals surface area (Å²) >= 11 is 2.98. The molecule has 0 bridgehead atoms. The standard InChI is InChI=1S/C12H15BrF3N3O2/c13-9-8(17-6-11(21)3-1-2-4-11)5-18-19(10(9)20)7-12(14,15)16/h5,17,21H,1-4,6-7H2. The number of aliphatic hydroxyl groups is 1. The maximum Gasteiger partial charge on any atom is 0.408 e. The molecular formula is C12H15BrF3N3O2. The molecule has 9 heteroatoms. The molecule has 0 aromatic carbocycles. The molecule has 21 heavy (non-hydrogen) atoms. The molecule has 2 N–H and O–H groups in total. The van der Waals surface area contributed by atoms with E-state index < -0.39 is 23.9 Å². The van der Waals surface area contributed by atoms with Gasteiger partial charge in [-0.25, -0.2) is 4.68 Å². The van der Waals surface area contributed by atoms with E-state index in [2.05, 4.69) is 26.3 Å². The second-order valence-corrected chi connectivity index (χ2v) is 6.03. The highest BCUT2D eigenvalue weighted by Crippen LogP contribution is 2.30. The van der Waals surface area contributed by atoms with E-state index in [0.717, 1.165) is 19.0 Å². The Bertz CT molecular complexity index is 568. The Hall–Kier alpha value is -1.09. The van der Waals surface area contributed by atoms with Crippen molar-refractivity contribution in [2.45, 2.75) is 44.0 Å². The third-order valence-electron chi connectivity index (χ3n) is 3.46. The Balaban J connectivity index is 2.11. The monoisotopic (exact) mass is 369 g/mol. The average molecular weight is 370 g/mol. The molecule has 0 spiro atoms. The molecule has 1 saturated carbocycles. The van der Waals surface area contributed by atoms with Gasteiger partial charge in [0.2, 0.25) is 0 Å². The summed E-state index contributed by atoms with van der Waals surface area (Å²) in [6, 6.07) is 0. The van der Waals surface area contributed by atoms with Gasteiger partial charge in [-0.1, -0.05) is 12.8 Å². The first-order chi connectivity index (χ1) is 9.70. The van der Waals surface area contributed by atoms with Crippen LogP contribution in [0.1, 0.15) is 25.7 Å². The van der Waals surface area contributed by atoms with Gasteiger partial charge in [-0.2, -0.15) is 18.3 Å². The van der Waals surface area contributed by atoms with Crippen LogP contribution in [0.5, 0.6) is 0 Å². The number of hydrogen-bond donors (Lipinski definition) is 2. The van der Waals surface area contributed by atoms with Gasteiger partial charge in [0.15, 0.2) is 0 Å². The fraction of sp³-hybridized carbons (Fsp3) is 0.667. The van der Waals surface area contributed by atoms with Crippen molar-refractivity contribution >= 4 is 21.6 Å². The van der Waals surface area contributed by atoms with Gasteiger partial charge < -0.3 is 10.4 Å². The van der Waals surface area contributed by atoms with Crippen molar-refractivity contribution in [3.05, 3.63) is 21.0 Å². The lowest BCUT2D eigenvalue weighted by atomic mass is 10.0. The number of hydrogen-bond acceptors (Lipinski definition) is 4. The fourth-order valence-electron chi connectivity index (χ4n) is 2.34. The van der Waals surface area contributed by atoms with E-state index >= 15 is 0 Å². The SMILES string of the molecule is O=c1c(Br)c(NCC2(O)CCCC2)cnn1CC(F)(F)F. The van der Waals surface area contributed by atoms with Gasteiger partial charge in [-0.05, 0) is 28.8 Å². The molecule has 0 atom stereocenters. The maximum absolute atomic E-state index is 12.3. The first-order valence-corrected chi connectivity index (χ1v) is 7.28. The number of nitrogens with zero attached hydrogens (tertiary/aromatic N) is 2. The van der Waals surface area contributed by atoms with Crippen molar-refractivity contribution in [2.24, 2.45) is 0 Å². The third-order valence-corrected chi connectivity index (χ3v) is 4.22. The molecule has 2 rings (SSSR count). The smallest absolute Gasteiger partial charge is 0.388 e. The van der Waals surface area contributed by atoms with Crippen molar-refractivity contribution in [3.8, 4) is 0 Å². The molecule has 0 unspecified atom stereocenters. The highest BCUT2D eigenvalue weighted by atomic mass is 79.9. The van der Waals surface area contributed by atoms with E-state index in [1.165, 1.54) is 0 Å². The fourth-order valence-corrected chi connectivity index (χ4v) is 2.79. The van der Waals surface area contributed by atoms with Crippen LogP contribution in [-0.4, -0.2) is 33.2 Å². The molecule has 5 nitrogen and oxygen atoms in total. The molecule has 1 aromatic rings. The summed E-state index contributed by atoms with van der Waals surface area (Å²) in [7, 11) is 0. The highest BCUT2D eigenvalue weighted by Gasteiger charge is 2.32. The van der Waals surface area contributed by atoms with Gasteiger partial charge in [-0.3, -0.25) is 4.79 Å². The predicted molar refractivity (Wildman–Crippen MR) is 74.2 cm³/mol. The van der Waals surface area contributed by atoms with Gasteiger partial charge in [-0.15, -0.1) is 0 Å². The quantitative estimate of drug-likeness (QED) is 0.854. The largest absolute Gasteiger partial charge is 0.408 e. The van der Waals surface area contributed by atoms with Crippen molar-refractivity contribution in [1.29, 1.82) is 0 Å². The van der Waals surface area contributed by atoms with E-state index in [0.29, 0.717) is 17.5 Å². The average Bonchev–Trinajstić information content (AvgIpc) is 2.80. The van der Waals surface area contributed by atoms with Crippen LogP contribution in [0.4, 0.5) is 18.9 Å². The predicted octanol–water partition coefficient (Wildman–Crippen LogP) is 2.29. The van der Waals surface area contributed by atoms with E-state index in [1.807, 2.05) is 0 Å². The van der Waals surface area contributed by atoms with Crippen LogP contribution in [0, 0.1) is 0 Å². The van der Waals surface area contributed by atoms with Crippen molar-refractivity contribution < 1.29 is 18.3 Å². The van der Waals surface area contributed by atoms with Gasteiger partial charge in [0.25, 0.3) is 5.56 Å². The van der Waals surface area contributed by atoms with Crippen LogP contribution in [0.15, 0.2) is 15.5 Å². The lowest BCUT2D eigenvalue weighted by Crippen LogP contribution is -2.35. The van der Waals surface area contributed by atoms with Gasteiger partial charge in [0.05, 0.1) is 17.5 Å². The number of halogens is 4. The van der Waals surface area contributed by atoms with Gasteiger partial charge in [0.1, 0.15) is 11.0 Å². The molecule has 1 aromatic heterocycles. The topological polar surface area (TPSA) is 67.2 Å². The normalized spacial score (nSPS) is 18.0. The summed E-state index contributed by atoms with van der Waals surface area (Å²) in [5, 5.41) is 16.6. The molecule has 1 aliphatic carbocycles. The summed E-state index contributed by atoms with van der Waals surface area (Å²) in [6.45, 7) is -1.20. The van der Waals surface area contributed by atoms with Crippen LogP contribution >= 0.6 is 15.9 Å². The minimum Gasteiger partial charge on any atom is -0.388 e. The van der Waals surface area contributed by atoms with Gasteiger partial charge in [0, 0.05) is 6.54 Å². The molecular weight excluding hydrogens is 355 g/mol. The Kier molecular flexibility index (Phi) is 4.62. The van der Waals surface area contributed by atoms with Crippen LogP contribution in [0.25, 0.3) is 0 Å². The van der Waals surface area contributed by atoms with Gasteiger partial charge >= 0.3 is 6.18 Å². The lowest BCUT2D eigenvalue weighted by Gasteiger charge is -2.23. The van der Waals surface area contributed by atoms with Crippen LogP contribution < -0.4 is 10.9 Å². The molecule has 0 amide bonds. The highest BCUT2D eigenvalue weighted by molar-refractivity contribution is 9.10. The first kappa shape index (κ1) is 16.3. The Morgan fingerprint density at radius 2 is 2.05 bits per heavy atom. The third kappa shape index (κ3) is 4.19. The van der Waals surface area contributed by atoms with Crippen molar-refractivity contribution in [3.63, 3.8) is 0 Å². The molecule has 0 saturated heterocycles. The minimum atomic E-state index is -4.51. The van der Waals surface area contributed by atoms with Crippen LogP contribution in [0.3, 0.4) is 0 Å². The van der Waals surface area contributed by atoms with Crippen molar-refractivity contribution in [1.82, 2.24) is 9.78 Å². The summed E-state index contributed by atoms with van der Waals surface area (Å²) in [4.78, 5) is 11.8. The van der Waals surface area contributed by atoms with Crippen LogP contribution in [0.2, 0.25) is 0 Å². The van der Waals surface area contributed by atoms with Crippen LogP contribution in [-0.2, 0) is 6.54 Å². The number of aromatic nitrogens is 2. The Morgan fingerprint density at radius 1 is 1.43 bits per heavy atom. The van der Waals surface area contributed by atoms with E-state index in [-0.39, 0.29) is 16.7 Å². The molecule has 1 fully saturated rings. The lowest BCUT2D eigenvalue weighted by molar-refractivity contribution is -0.143.